The Balaban J connectivity index is 2.28. The largest absolute Gasteiger partial charge is 0.329 e. The molecule has 3 N–H and O–H groups in total. The maximum absolute atomic E-state index is 11.4. The van der Waals surface area contributed by atoms with Crippen molar-refractivity contribution in [1.82, 2.24) is 9.88 Å². The molecule has 4 nitrogen and oxygen atoms in total. The molecule has 0 amide bonds. The van der Waals surface area contributed by atoms with E-state index < -0.39 is 0 Å². The van der Waals surface area contributed by atoms with E-state index in [1.165, 1.54) is 18.4 Å². The summed E-state index contributed by atoms with van der Waals surface area (Å²) in [5.74, 6) is 0. The van der Waals surface area contributed by atoms with Crippen molar-refractivity contribution in [3.8, 4) is 0 Å². The molecule has 2 rings (SSSR count). The number of hydrogen-bond acceptors (Lipinski definition) is 3. The zero-order valence-corrected chi connectivity index (χ0v) is 9.70. The Bertz CT molecular complexity index is 413. The standard InChI is InChI=1S/C12H19N3O/c1-15-5-3-2-4-11(15)10-6-9(7-13)12(16)14-8-10/h6,8,11H,2-5,7,13H2,1H3,(H,14,16). The minimum absolute atomic E-state index is 0.0651. The topological polar surface area (TPSA) is 62.1 Å². The molecule has 1 unspecified atom stereocenters. The first-order valence-electron chi connectivity index (χ1n) is 5.84. The Morgan fingerprint density at radius 3 is 3.06 bits per heavy atom. The summed E-state index contributed by atoms with van der Waals surface area (Å²) in [4.78, 5) is 16.5. The summed E-state index contributed by atoms with van der Waals surface area (Å²) >= 11 is 0. The van der Waals surface area contributed by atoms with Crippen molar-refractivity contribution in [3.05, 3.63) is 33.7 Å². The molecule has 0 aromatic carbocycles. The number of nitrogens with one attached hydrogen (secondary N) is 1. The lowest BCUT2D eigenvalue weighted by Gasteiger charge is -2.32. The van der Waals surface area contributed by atoms with Crippen LogP contribution in [0.5, 0.6) is 0 Å². The fourth-order valence-corrected chi connectivity index (χ4v) is 2.39. The van der Waals surface area contributed by atoms with Crippen LogP contribution in [0.15, 0.2) is 17.1 Å². The van der Waals surface area contributed by atoms with Gasteiger partial charge in [-0.15, -0.1) is 0 Å². The highest BCUT2D eigenvalue weighted by Gasteiger charge is 2.21. The van der Waals surface area contributed by atoms with Gasteiger partial charge in [0.15, 0.2) is 0 Å². The highest BCUT2D eigenvalue weighted by atomic mass is 16.1. The Hall–Kier alpha value is -1.13. The van der Waals surface area contributed by atoms with Gasteiger partial charge < -0.3 is 10.7 Å². The number of rotatable bonds is 2. The predicted octanol–water partition coefficient (Wildman–Crippen LogP) is 0.990. The summed E-state index contributed by atoms with van der Waals surface area (Å²) in [6.45, 7) is 1.43. The van der Waals surface area contributed by atoms with E-state index in [1.54, 1.807) is 0 Å². The summed E-state index contributed by atoms with van der Waals surface area (Å²) in [5.41, 5.74) is 7.34. The Labute approximate surface area is 95.5 Å². The van der Waals surface area contributed by atoms with Gasteiger partial charge in [0.1, 0.15) is 0 Å². The van der Waals surface area contributed by atoms with Crippen LogP contribution in [0.3, 0.4) is 0 Å². The van der Waals surface area contributed by atoms with E-state index in [0.717, 1.165) is 13.0 Å². The van der Waals surface area contributed by atoms with E-state index in [1.807, 2.05) is 12.3 Å². The first kappa shape index (κ1) is 11.4. The van der Waals surface area contributed by atoms with E-state index >= 15 is 0 Å². The lowest BCUT2D eigenvalue weighted by Crippen LogP contribution is -2.30. The van der Waals surface area contributed by atoms with Crippen molar-refractivity contribution >= 4 is 0 Å². The molecule has 0 aliphatic carbocycles. The van der Waals surface area contributed by atoms with Crippen molar-refractivity contribution in [2.24, 2.45) is 5.73 Å². The minimum Gasteiger partial charge on any atom is -0.329 e. The first-order chi connectivity index (χ1) is 7.72. The molecule has 1 atom stereocenters. The molecule has 4 heteroatoms. The molecular formula is C12H19N3O. The Morgan fingerprint density at radius 2 is 2.38 bits per heavy atom. The van der Waals surface area contributed by atoms with E-state index in [2.05, 4.69) is 16.9 Å². The van der Waals surface area contributed by atoms with Crippen LogP contribution < -0.4 is 11.3 Å². The van der Waals surface area contributed by atoms with Gasteiger partial charge in [-0.05, 0) is 38.1 Å². The van der Waals surface area contributed by atoms with Gasteiger partial charge in [0.25, 0.3) is 5.56 Å². The van der Waals surface area contributed by atoms with Crippen LogP contribution in [-0.2, 0) is 6.54 Å². The van der Waals surface area contributed by atoms with Crippen LogP contribution in [0.1, 0.15) is 36.4 Å². The molecule has 0 radical (unpaired) electrons. The number of hydrogen-bond donors (Lipinski definition) is 2. The summed E-state index contributed by atoms with van der Waals surface area (Å²) in [5, 5.41) is 0. The fourth-order valence-electron chi connectivity index (χ4n) is 2.39. The quantitative estimate of drug-likeness (QED) is 0.783. The van der Waals surface area contributed by atoms with Gasteiger partial charge in [-0.25, -0.2) is 0 Å². The van der Waals surface area contributed by atoms with Crippen LogP contribution >= 0.6 is 0 Å². The first-order valence-corrected chi connectivity index (χ1v) is 5.84. The number of pyridine rings is 1. The summed E-state index contributed by atoms with van der Waals surface area (Å²) in [7, 11) is 2.14. The smallest absolute Gasteiger partial charge is 0.252 e. The van der Waals surface area contributed by atoms with E-state index in [9.17, 15) is 4.79 Å². The normalized spacial score (nSPS) is 22.2. The van der Waals surface area contributed by atoms with E-state index in [0.29, 0.717) is 18.2 Å². The zero-order chi connectivity index (χ0) is 11.5. The number of aromatic nitrogens is 1. The van der Waals surface area contributed by atoms with Crippen molar-refractivity contribution < 1.29 is 0 Å². The molecule has 0 bridgehead atoms. The highest BCUT2D eigenvalue weighted by molar-refractivity contribution is 5.21. The van der Waals surface area contributed by atoms with Gasteiger partial charge >= 0.3 is 0 Å². The number of aromatic amines is 1. The fraction of sp³-hybridized carbons (Fsp3) is 0.583. The second kappa shape index (κ2) is 4.80. The molecule has 1 fully saturated rings. The van der Waals surface area contributed by atoms with E-state index in [-0.39, 0.29) is 5.56 Å². The van der Waals surface area contributed by atoms with Crippen LogP contribution in [0.2, 0.25) is 0 Å². The van der Waals surface area contributed by atoms with Gasteiger partial charge in [0, 0.05) is 24.3 Å². The lowest BCUT2D eigenvalue weighted by atomic mass is 9.96. The number of nitrogens with zero attached hydrogens (tertiary/aromatic N) is 1. The average molecular weight is 221 g/mol. The molecule has 88 valence electrons. The summed E-state index contributed by atoms with van der Waals surface area (Å²) < 4.78 is 0. The van der Waals surface area contributed by atoms with Gasteiger partial charge in [-0.3, -0.25) is 9.69 Å². The molecule has 1 aliphatic heterocycles. The van der Waals surface area contributed by atoms with Crippen molar-refractivity contribution in [3.63, 3.8) is 0 Å². The summed E-state index contributed by atoms with van der Waals surface area (Å²) in [6.07, 6.45) is 5.51. The van der Waals surface area contributed by atoms with Crippen molar-refractivity contribution in [2.75, 3.05) is 13.6 Å². The molecule has 1 aromatic heterocycles. The van der Waals surface area contributed by atoms with Crippen LogP contribution in [-0.4, -0.2) is 23.5 Å². The molecule has 1 aromatic rings. The molecule has 2 heterocycles. The second-order valence-corrected chi connectivity index (χ2v) is 4.48. The SMILES string of the molecule is CN1CCCCC1c1c[nH]c(=O)c(CN)c1. The zero-order valence-electron chi connectivity index (χ0n) is 9.70. The van der Waals surface area contributed by atoms with E-state index in [4.69, 9.17) is 5.73 Å². The van der Waals surface area contributed by atoms with Crippen LogP contribution in [0.4, 0.5) is 0 Å². The minimum atomic E-state index is -0.0651. The number of piperidine rings is 1. The third-order valence-corrected chi connectivity index (χ3v) is 3.38. The molecular weight excluding hydrogens is 202 g/mol. The lowest BCUT2D eigenvalue weighted by molar-refractivity contribution is 0.187. The molecule has 0 spiro atoms. The van der Waals surface area contributed by atoms with Gasteiger partial charge in [0.05, 0.1) is 0 Å². The number of likely N-dealkylation sites (tertiary alicyclic amines) is 1. The van der Waals surface area contributed by atoms with Gasteiger partial charge in [0.2, 0.25) is 0 Å². The molecule has 0 saturated carbocycles. The molecule has 16 heavy (non-hydrogen) atoms. The van der Waals surface area contributed by atoms with Crippen molar-refractivity contribution in [2.45, 2.75) is 31.8 Å². The highest BCUT2D eigenvalue weighted by Crippen LogP contribution is 2.28. The monoisotopic (exact) mass is 221 g/mol. The number of nitrogens with two attached hydrogens (primary N) is 1. The maximum Gasteiger partial charge on any atom is 0.252 e. The average Bonchev–Trinajstić information content (AvgIpc) is 2.31. The maximum atomic E-state index is 11.4. The predicted molar refractivity (Wildman–Crippen MR) is 64.2 cm³/mol. The van der Waals surface area contributed by atoms with Crippen LogP contribution in [0, 0.1) is 0 Å². The Morgan fingerprint density at radius 1 is 1.56 bits per heavy atom. The third-order valence-electron chi connectivity index (χ3n) is 3.38. The van der Waals surface area contributed by atoms with Crippen molar-refractivity contribution in [1.29, 1.82) is 0 Å². The molecule has 1 aliphatic rings. The van der Waals surface area contributed by atoms with Crippen LogP contribution in [0.25, 0.3) is 0 Å². The molecule has 1 saturated heterocycles. The third kappa shape index (κ3) is 2.18. The van der Waals surface area contributed by atoms with Gasteiger partial charge in [-0.1, -0.05) is 6.42 Å². The second-order valence-electron chi connectivity index (χ2n) is 4.48. The number of H-pyrrole nitrogens is 1. The Kier molecular flexibility index (Phi) is 3.41. The summed E-state index contributed by atoms with van der Waals surface area (Å²) in [6, 6.07) is 2.38. The van der Waals surface area contributed by atoms with Gasteiger partial charge in [-0.2, -0.15) is 0 Å².